The molecular formula is C17H25N3O3. The van der Waals surface area contributed by atoms with Crippen LogP contribution in [0.25, 0.3) is 0 Å². The molecule has 1 amide bonds. The molecule has 23 heavy (non-hydrogen) atoms. The zero-order valence-corrected chi connectivity index (χ0v) is 14.1. The molecule has 1 aliphatic heterocycles. The fourth-order valence-electron chi connectivity index (χ4n) is 2.68. The molecule has 126 valence electrons. The summed E-state index contributed by atoms with van der Waals surface area (Å²) in [4.78, 5) is 29.6. The van der Waals surface area contributed by atoms with Crippen LogP contribution in [0.2, 0.25) is 0 Å². The number of carbonyl (C=O) groups is 2. The number of para-hydroxylation sites is 1. The molecule has 0 spiro atoms. The number of benzene rings is 1. The molecule has 0 unspecified atom stereocenters. The number of rotatable bonds is 5. The zero-order valence-electron chi connectivity index (χ0n) is 14.1. The van der Waals surface area contributed by atoms with Gasteiger partial charge in [-0.25, -0.2) is 0 Å². The van der Waals surface area contributed by atoms with E-state index in [0.717, 1.165) is 19.6 Å². The summed E-state index contributed by atoms with van der Waals surface area (Å²) in [5, 5.41) is 0. The number of amides is 1. The van der Waals surface area contributed by atoms with Crippen LogP contribution in [0.1, 0.15) is 12.5 Å². The molecule has 1 heterocycles. The Bertz CT molecular complexity index is 562. The lowest BCUT2D eigenvalue weighted by Crippen LogP contribution is -2.41. The maximum absolute atomic E-state index is 12.3. The van der Waals surface area contributed by atoms with Crippen LogP contribution in [0.4, 0.5) is 5.69 Å². The molecule has 0 atom stereocenters. The molecule has 6 nitrogen and oxygen atoms in total. The van der Waals surface area contributed by atoms with Gasteiger partial charge in [0.1, 0.15) is 6.54 Å². The Morgan fingerprint density at radius 2 is 2.00 bits per heavy atom. The van der Waals surface area contributed by atoms with Crippen molar-refractivity contribution in [2.45, 2.75) is 13.5 Å². The minimum Gasteiger partial charge on any atom is -0.465 e. The quantitative estimate of drug-likeness (QED) is 0.757. The van der Waals surface area contributed by atoms with Crippen molar-refractivity contribution in [3.05, 3.63) is 29.8 Å². The first-order chi connectivity index (χ1) is 11.0. The predicted molar refractivity (Wildman–Crippen MR) is 89.3 cm³/mol. The molecule has 0 aliphatic carbocycles. The first-order valence-corrected chi connectivity index (χ1v) is 7.92. The van der Waals surface area contributed by atoms with Crippen LogP contribution in [0, 0.1) is 0 Å². The van der Waals surface area contributed by atoms with Gasteiger partial charge in [0.2, 0.25) is 5.91 Å². The van der Waals surface area contributed by atoms with Gasteiger partial charge >= 0.3 is 5.97 Å². The largest absolute Gasteiger partial charge is 0.465 e. The third kappa shape index (κ3) is 4.69. The second-order valence-corrected chi connectivity index (χ2v) is 5.82. The molecule has 2 rings (SSSR count). The van der Waals surface area contributed by atoms with Crippen LogP contribution in [-0.4, -0.2) is 68.6 Å². The zero-order chi connectivity index (χ0) is 16.8. The van der Waals surface area contributed by atoms with E-state index in [4.69, 9.17) is 4.74 Å². The van der Waals surface area contributed by atoms with Gasteiger partial charge in [-0.05, 0) is 18.6 Å². The highest BCUT2D eigenvalue weighted by atomic mass is 16.5. The number of likely N-dealkylation sites (N-methyl/N-ethyl adjacent to an activating group) is 2. The SMILES string of the molecule is CCOC(=O)CN(C)C(=O)CN1CCN(C)c2ccccc2C1. The lowest BCUT2D eigenvalue weighted by atomic mass is 10.1. The molecule has 1 aromatic rings. The molecule has 1 aliphatic rings. The summed E-state index contributed by atoms with van der Waals surface area (Å²) in [7, 11) is 3.70. The van der Waals surface area contributed by atoms with E-state index in [-0.39, 0.29) is 18.4 Å². The number of esters is 1. The molecule has 0 saturated heterocycles. The van der Waals surface area contributed by atoms with E-state index >= 15 is 0 Å². The average Bonchev–Trinajstić information content (AvgIpc) is 2.67. The van der Waals surface area contributed by atoms with Gasteiger partial charge in [0.25, 0.3) is 0 Å². The molecule has 0 fully saturated rings. The standard InChI is InChI=1S/C17H25N3O3/c1-4-23-17(22)13-19(3)16(21)12-20-10-9-18(2)15-8-6-5-7-14(15)11-20/h5-8H,4,9-13H2,1-3H3. The maximum atomic E-state index is 12.3. The van der Waals surface area contributed by atoms with Crippen molar-refractivity contribution in [2.24, 2.45) is 0 Å². The Hall–Kier alpha value is -2.08. The lowest BCUT2D eigenvalue weighted by molar-refractivity contribution is -0.148. The third-order valence-corrected chi connectivity index (χ3v) is 4.00. The highest BCUT2D eigenvalue weighted by molar-refractivity contribution is 5.83. The van der Waals surface area contributed by atoms with Crippen LogP contribution >= 0.6 is 0 Å². The Balaban J connectivity index is 1.95. The highest BCUT2D eigenvalue weighted by Gasteiger charge is 2.21. The summed E-state index contributed by atoms with van der Waals surface area (Å²) < 4.78 is 4.88. The molecule has 0 saturated carbocycles. The van der Waals surface area contributed by atoms with Crippen molar-refractivity contribution in [1.82, 2.24) is 9.80 Å². The predicted octanol–water partition coefficient (Wildman–Crippen LogP) is 0.960. The summed E-state index contributed by atoms with van der Waals surface area (Å²) in [5.74, 6) is -0.440. The van der Waals surface area contributed by atoms with E-state index in [1.54, 1.807) is 14.0 Å². The highest BCUT2D eigenvalue weighted by Crippen LogP contribution is 2.23. The molecule has 0 bridgehead atoms. The monoisotopic (exact) mass is 319 g/mol. The van der Waals surface area contributed by atoms with Crippen molar-refractivity contribution in [3.8, 4) is 0 Å². The summed E-state index contributed by atoms with van der Waals surface area (Å²) in [6.45, 7) is 4.80. The Labute approximate surface area is 137 Å². The van der Waals surface area contributed by atoms with Gasteiger partial charge in [-0.3, -0.25) is 14.5 Å². The fourth-order valence-corrected chi connectivity index (χ4v) is 2.68. The topological polar surface area (TPSA) is 53.1 Å². The van der Waals surface area contributed by atoms with Crippen LogP contribution in [0.3, 0.4) is 0 Å². The third-order valence-electron chi connectivity index (χ3n) is 4.00. The van der Waals surface area contributed by atoms with Crippen molar-refractivity contribution in [2.75, 3.05) is 51.8 Å². The van der Waals surface area contributed by atoms with E-state index < -0.39 is 0 Å². The number of hydrogen-bond donors (Lipinski definition) is 0. The van der Waals surface area contributed by atoms with Crippen LogP contribution in [0.5, 0.6) is 0 Å². The van der Waals surface area contributed by atoms with E-state index in [0.29, 0.717) is 13.2 Å². The maximum Gasteiger partial charge on any atom is 0.325 e. The van der Waals surface area contributed by atoms with Gasteiger partial charge in [-0.15, -0.1) is 0 Å². The molecule has 1 aromatic carbocycles. The van der Waals surface area contributed by atoms with E-state index in [1.165, 1.54) is 16.2 Å². The Morgan fingerprint density at radius 3 is 2.74 bits per heavy atom. The average molecular weight is 319 g/mol. The fraction of sp³-hybridized carbons (Fsp3) is 0.529. The number of fused-ring (bicyclic) bond motifs is 1. The first-order valence-electron chi connectivity index (χ1n) is 7.92. The normalized spacial score (nSPS) is 14.8. The van der Waals surface area contributed by atoms with Gasteiger partial charge in [0, 0.05) is 39.4 Å². The van der Waals surface area contributed by atoms with Crippen LogP contribution in [-0.2, 0) is 20.9 Å². The van der Waals surface area contributed by atoms with Gasteiger partial charge in [0.15, 0.2) is 0 Å². The number of anilines is 1. The minimum atomic E-state index is -0.371. The lowest BCUT2D eigenvalue weighted by Gasteiger charge is -2.23. The van der Waals surface area contributed by atoms with Gasteiger partial charge in [-0.1, -0.05) is 18.2 Å². The summed E-state index contributed by atoms with van der Waals surface area (Å²) >= 11 is 0. The second kappa shape index (κ2) is 7.97. The molecule has 0 radical (unpaired) electrons. The van der Waals surface area contributed by atoms with E-state index in [1.807, 2.05) is 12.1 Å². The molecule has 6 heteroatoms. The Kier molecular flexibility index (Phi) is 5.98. The summed E-state index contributed by atoms with van der Waals surface area (Å²) in [6, 6.07) is 8.25. The second-order valence-electron chi connectivity index (χ2n) is 5.82. The van der Waals surface area contributed by atoms with Crippen molar-refractivity contribution in [1.29, 1.82) is 0 Å². The number of carbonyl (C=O) groups excluding carboxylic acids is 2. The molecule has 0 aromatic heterocycles. The summed E-state index contributed by atoms with van der Waals surface area (Å²) in [5.41, 5.74) is 2.43. The van der Waals surface area contributed by atoms with Crippen molar-refractivity contribution < 1.29 is 14.3 Å². The Morgan fingerprint density at radius 1 is 1.26 bits per heavy atom. The van der Waals surface area contributed by atoms with Gasteiger partial charge < -0.3 is 14.5 Å². The summed E-state index contributed by atoms with van der Waals surface area (Å²) in [6.07, 6.45) is 0. The van der Waals surface area contributed by atoms with Crippen molar-refractivity contribution >= 4 is 17.6 Å². The molecular weight excluding hydrogens is 294 g/mol. The smallest absolute Gasteiger partial charge is 0.325 e. The molecule has 0 N–H and O–H groups in total. The minimum absolute atomic E-state index is 0.00297. The van der Waals surface area contributed by atoms with E-state index in [9.17, 15) is 9.59 Å². The van der Waals surface area contributed by atoms with Crippen LogP contribution in [0.15, 0.2) is 24.3 Å². The first kappa shape index (κ1) is 17.3. The number of ether oxygens (including phenoxy) is 1. The van der Waals surface area contributed by atoms with Gasteiger partial charge in [-0.2, -0.15) is 0 Å². The van der Waals surface area contributed by atoms with Crippen LogP contribution < -0.4 is 4.90 Å². The van der Waals surface area contributed by atoms with Gasteiger partial charge in [0.05, 0.1) is 13.2 Å². The number of nitrogens with zero attached hydrogens (tertiary/aromatic N) is 3. The van der Waals surface area contributed by atoms with Crippen molar-refractivity contribution in [3.63, 3.8) is 0 Å². The van der Waals surface area contributed by atoms with E-state index in [2.05, 4.69) is 29.0 Å². The number of hydrogen-bond acceptors (Lipinski definition) is 5.